The maximum Gasteiger partial charge on any atom is 0.315 e. The van der Waals surface area contributed by atoms with Crippen LogP contribution in [0, 0.1) is 0 Å². The van der Waals surface area contributed by atoms with Crippen LogP contribution in [-0.2, 0) is 0 Å². The molecule has 1 aromatic carbocycles. The summed E-state index contributed by atoms with van der Waals surface area (Å²) in [5, 5.41) is 5.88. The Kier molecular flexibility index (Phi) is 5.70. The van der Waals surface area contributed by atoms with E-state index in [1.54, 1.807) is 19.2 Å². The highest BCUT2D eigenvalue weighted by atomic mass is 16.5. The third kappa shape index (κ3) is 5.15. The monoisotopic (exact) mass is 333 g/mol. The smallest absolute Gasteiger partial charge is 0.315 e. The van der Waals surface area contributed by atoms with Crippen LogP contribution in [0.25, 0.3) is 0 Å². The van der Waals surface area contributed by atoms with Gasteiger partial charge in [0.1, 0.15) is 5.75 Å². The predicted octanol–water partition coefficient (Wildman–Crippen LogP) is 2.40. The van der Waals surface area contributed by atoms with Crippen molar-refractivity contribution in [2.75, 3.05) is 20.2 Å². The first-order valence-corrected chi connectivity index (χ1v) is 8.30. The van der Waals surface area contributed by atoms with E-state index < -0.39 is 0 Å². The number of likely N-dealkylation sites (tertiary alicyclic amines) is 1. The summed E-state index contributed by atoms with van der Waals surface area (Å²) >= 11 is 0. The van der Waals surface area contributed by atoms with Crippen molar-refractivity contribution in [3.8, 4) is 5.75 Å². The Hall–Kier alpha value is -2.24. The Morgan fingerprint density at radius 3 is 2.46 bits per heavy atom. The van der Waals surface area contributed by atoms with Crippen LogP contribution in [0.15, 0.2) is 24.3 Å². The van der Waals surface area contributed by atoms with Gasteiger partial charge in [-0.2, -0.15) is 0 Å². The fourth-order valence-corrected chi connectivity index (χ4v) is 2.73. The molecule has 0 spiro atoms. The molecule has 3 amide bonds. The van der Waals surface area contributed by atoms with Gasteiger partial charge in [-0.1, -0.05) is 6.07 Å². The van der Waals surface area contributed by atoms with Crippen molar-refractivity contribution in [1.82, 2.24) is 15.5 Å². The average molecular weight is 333 g/mol. The van der Waals surface area contributed by atoms with E-state index in [0.29, 0.717) is 24.4 Å². The van der Waals surface area contributed by atoms with Gasteiger partial charge in [0.2, 0.25) is 0 Å². The molecule has 0 unspecified atom stereocenters. The summed E-state index contributed by atoms with van der Waals surface area (Å²) in [6.45, 7) is 7.11. The van der Waals surface area contributed by atoms with Crippen LogP contribution < -0.4 is 15.4 Å². The number of nitrogens with zero attached hydrogens (tertiary/aromatic N) is 1. The minimum Gasteiger partial charge on any atom is -0.497 e. The molecule has 2 rings (SSSR count). The minimum atomic E-state index is -0.257. The quantitative estimate of drug-likeness (QED) is 0.892. The first-order valence-electron chi connectivity index (χ1n) is 8.30. The van der Waals surface area contributed by atoms with E-state index in [4.69, 9.17) is 4.74 Å². The second-order valence-corrected chi connectivity index (χ2v) is 7.15. The molecule has 2 N–H and O–H groups in total. The van der Waals surface area contributed by atoms with Crippen molar-refractivity contribution in [2.45, 2.75) is 45.2 Å². The van der Waals surface area contributed by atoms with E-state index in [1.165, 1.54) is 0 Å². The predicted molar refractivity (Wildman–Crippen MR) is 93.3 cm³/mol. The number of carbonyl (C=O) groups is 2. The molecule has 0 aliphatic carbocycles. The van der Waals surface area contributed by atoms with Gasteiger partial charge in [-0.3, -0.25) is 4.79 Å². The second-order valence-electron chi connectivity index (χ2n) is 7.15. The molecular weight excluding hydrogens is 306 g/mol. The number of piperidine rings is 1. The maximum absolute atomic E-state index is 12.6. The molecule has 1 aliphatic heterocycles. The lowest BCUT2D eigenvalue weighted by Gasteiger charge is -2.33. The lowest BCUT2D eigenvalue weighted by atomic mass is 10.0. The van der Waals surface area contributed by atoms with Gasteiger partial charge in [0.05, 0.1) is 7.11 Å². The van der Waals surface area contributed by atoms with E-state index in [2.05, 4.69) is 10.6 Å². The maximum atomic E-state index is 12.6. The largest absolute Gasteiger partial charge is 0.497 e. The number of hydrogen-bond acceptors (Lipinski definition) is 3. The van der Waals surface area contributed by atoms with Crippen LogP contribution in [0.5, 0.6) is 5.75 Å². The van der Waals surface area contributed by atoms with Crippen LogP contribution in [-0.4, -0.2) is 48.6 Å². The van der Waals surface area contributed by atoms with Crippen molar-refractivity contribution >= 4 is 11.9 Å². The molecule has 1 saturated heterocycles. The standard InChI is InChI=1S/C18H27N3O3/c1-18(2,3)20-17(23)19-14-8-10-21(11-9-14)16(22)13-6-5-7-15(12-13)24-4/h5-7,12,14H,8-11H2,1-4H3,(H2,19,20,23). The molecular formula is C18H27N3O3. The molecule has 0 atom stereocenters. The van der Waals surface area contributed by atoms with Crippen LogP contribution in [0.2, 0.25) is 0 Å². The summed E-state index contributed by atoms with van der Waals surface area (Å²) in [7, 11) is 1.59. The first-order chi connectivity index (χ1) is 11.3. The van der Waals surface area contributed by atoms with E-state index in [9.17, 15) is 9.59 Å². The van der Waals surface area contributed by atoms with E-state index in [0.717, 1.165) is 12.8 Å². The van der Waals surface area contributed by atoms with Crippen molar-refractivity contribution in [1.29, 1.82) is 0 Å². The Morgan fingerprint density at radius 2 is 1.88 bits per heavy atom. The molecule has 132 valence electrons. The Balaban J connectivity index is 1.86. The number of methoxy groups -OCH3 is 1. The normalized spacial score (nSPS) is 15.8. The highest BCUT2D eigenvalue weighted by Gasteiger charge is 2.25. The van der Waals surface area contributed by atoms with Crippen molar-refractivity contribution in [3.05, 3.63) is 29.8 Å². The van der Waals surface area contributed by atoms with Crippen molar-refractivity contribution in [3.63, 3.8) is 0 Å². The Morgan fingerprint density at radius 1 is 1.21 bits per heavy atom. The number of hydrogen-bond donors (Lipinski definition) is 2. The van der Waals surface area contributed by atoms with E-state index in [1.807, 2.05) is 37.8 Å². The second kappa shape index (κ2) is 7.55. The topological polar surface area (TPSA) is 70.7 Å². The zero-order valence-electron chi connectivity index (χ0n) is 14.9. The van der Waals surface area contributed by atoms with Gasteiger partial charge in [-0.05, 0) is 51.8 Å². The Labute approximate surface area is 143 Å². The summed E-state index contributed by atoms with van der Waals surface area (Å²) in [6.07, 6.45) is 1.51. The molecule has 1 heterocycles. The summed E-state index contributed by atoms with van der Waals surface area (Å²) in [5.74, 6) is 0.683. The number of benzene rings is 1. The molecule has 1 fully saturated rings. The average Bonchev–Trinajstić information content (AvgIpc) is 2.53. The van der Waals surface area contributed by atoms with Gasteiger partial charge in [0.15, 0.2) is 0 Å². The van der Waals surface area contributed by atoms with Gasteiger partial charge in [0.25, 0.3) is 5.91 Å². The fourth-order valence-electron chi connectivity index (χ4n) is 2.73. The molecule has 1 aromatic rings. The molecule has 24 heavy (non-hydrogen) atoms. The fraction of sp³-hybridized carbons (Fsp3) is 0.556. The van der Waals surface area contributed by atoms with Crippen molar-refractivity contribution in [2.24, 2.45) is 0 Å². The minimum absolute atomic E-state index is 0.00601. The summed E-state index contributed by atoms with van der Waals surface area (Å²) in [4.78, 5) is 26.3. The Bertz CT molecular complexity index is 587. The number of urea groups is 1. The SMILES string of the molecule is COc1cccc(C(=O)N2CCC(NC(=O)NC(C)(C)C)CC2)c1. The first kappa shape index (κ1) is 18.1. The zero-order valence-corrected chi connectivity index (χ0v) is 14.9. The van der Waals surface area contributed by atoms with Gasteiger partial charge < -0.3 is 20.3 Å². The van der Waals surface area contributed by atoms with Gasteiger partial charge >= 0.3 is 6.03 Å². The molecule has 6 nitrogen and oxygen atoms in total. The number of nitrogens with one attached hydrogen (secondary N) is 2. The summed E-state index contributed by atoms with van der Waals surface area (Å²) in [6, 6.07) is 7.13. The highest BCUT2D eigenvalue weighted by Crippen LogP contribution is 2.17. The zero-order chi connectivity index (χ0) is 17.7. The lowest BCUT2D eigenvalue weighted by molar-refractivity contribution is 0.0708. The number of carbonyl (C=O) groups excluding carboxylic acids is 2. The van der Waals surface area contributed by atoms with Gasteiger partial charge in [-0.15, -0.1) is 0 Å². The highest BCUT2D eigenvalue weighted by molar-refractivity contribution is 5.94. The molecule has 1 aliphatic rings. The molecule has 6 heteroatoms. The van der Waals surface area contributed by atoms with Crippen LogP contribution in [0.4, 0.5) is 4.79 Å². The summed E-state index contributed by atoms with van der Waals surface area (Å²) < 4.78 is 5.17. The van der Waals surface area contributed by atoms with Gasteiger partial charge in [0, 0.05) is 30.2 Å². The van der Waals surface area contributed by atoms with E-state index >= 15 is 0 Å². The van der Waals surface area contributed by atoms with Crippen LogP contribution in [0.1, 0.15) is 44.0 Å². The molecule has 0 bridgehead atoms. The molecule has 0 aromatic heterocycles. The number of rotatable bonds is 3. The van der Waals surface area contributed by atoms with Crippen LogP contribution in [0.3, 0.4) is 0 Å². The number of amides is 3. The van der Waals surface area contributed by atoms with E-state index in [-0.39, 0.29) is 23.5 Å². The summed E-state index contributed by atoms with van der Waals surface area (Å²) in [5.41, 5.74) is 0.374. The third-order valence-corrected chi connectivity index (χ3v) is 3.92. The van der Waals surface area contributed by atoms with Crippen molar-refractivity contribution < 1.29 is 14.3 Å². The lowest BCUT2D eigenvalue weighted by Crippen LogP contribution is -2.52. The number of ether oxygens (including phenoxy) is 1. The molecule has 0 saturated carbocycles. The third-order valence-electron chi connectivity index (χ3n) is 3.92. The van der Waals surface area contributed by atoms with Crippen LogP contribution >= 0.6 is 0 Å². The molecule has 0 radical (unpaired) electrons. The van der Waals surface area contributed by atoms with Gasteiger partial charge in [-0.25, -0.2) is 4.79 Å².